The zero-order valence-corrected chi connectivity index (χ0v) is 15.1. The third kappa shape index (κ3) is 4.26. The molecule has 0 aliphatic rings. The Bertz CT molecular complexity index is 1050. The molecule has 1 N–H and O–H groups in total. The molecule has 0 unspecified atom stereocenters. The number of non-ortho nitro benzene ring substituents is 2. The molecule has 1 heterocycles. The number of aromatic nitrogens is 1. The van der Waals surface area contributed by atoms with E-state index in [1.807, 2.05) is 18.3 Å². The quantitative estimate of drug-likeness (QED) is 0.269. The third-order valence-electron chi connectivity index (χ3n) is 4.11. The van der Waals surface area contributed by atoms with Gasteiger partial charge in [0.05, 0.1) is 28.1 Å². The van der Waals surface area contributed by atoms with Crippen LogP contribution in [-0.2, 0) is 11.2 Å². The number of nitro benzene ring substituents is 2. The summed E-state index contributed by atoms with van der Waals surface area (Å²) in [5.41, 5.74) is 0.633. The van der Waals surface area contributed by atoms with Gasteiger partial charge in [-0.2, -0.15) is 0 Å². The summed E-state index contributed by atoms with van der Waals surface area (Å²) in [7, 11) is 0. The standard InChI is InChI=1S/C18H14ClN3O6/c19-13-3-4-17-16(8-13)11(10-20-17)2-1-5-28-18(23)12-6-14(21(24)25)9-15(7-12)22(26)27/h3-4,6-10,20H,1-2,5H2. The van der Waals surface area contributed by atoms with Crippen LogP contribution in [0.25, 0.3) is 10.9 Å². The summed E-state index contributed by atoms with van der Waals surface area (Å²) in [6.45, 7) is 0.0581. The Kier molecular flexibility index (Phi) is 5.55. The highest BCUT2D eigenvalue weighted by Gasteiger charge is 2.20. The molecule has 0 spiro atoms. The highest BCUT2D eigenvalue weighted by molar-refractivity contribution is 6.31. The zero-order chi connectivity index (χ0) is 20.3. The molecule has 0 atom stereocenters. The Hall–Kier alpha value is -3.46. The van der Waals surface area contributed by atoms with Crippen molar-refractivity contribution in [3.05, 3.63) is 79.0 Å². The van der Waals surface area contributed by atoms with Crippen LogP contribution in [0.4, 0.5) is 11.4 Å². The first kappa shape index (κ1) is 19.3. The van der Waals surface area contributed by atoms with Crippen LogP contribution < -0.4 is 0 Å². The highest BCUT2D eigenvalue weighted by atomic mass is 35.5. The van der Waals surface area contributed by atoms with Crippen LogP contribution in [-0.4, -0.2) is 27.4 Å². The van der Waals surface area contributed by atoms with Crippen LogP contribution in [0.1, 0.15) is 22.3 Å². The van der Waals surface area contributed by atoms with Gasteiger partial charge in [-0.3, -0.25) is 20.2 Å². The van der Waals surface area contributed by atoms with Crippen LogP contribution in [0.15, 0.2) is 42.6 Å². The number of nitrogens with one attached hydrogen (secondary N) is 1. The summed E-state index contributed by atoms with van der Waals surface area (Å²) in [4.78, 5) is 35.4. The van der Waals surface area contributed by atoms with Crippen molar-refractivity contribution in [1.29, 1.82) is 0 Å². The fourth-order valence-corrected chi connectivity index (χ4v) is 2.96. The molecule has 28 heavy (non-hydrogen) atoms. The van der Waals surface area contributed by atoms with E-state index in [0.29, 0.717) is 17.9 Å². The van der Waals surface area contributed by atoms with Crippen molar-refractivity contribution in [2.24, 2.45) is 0 Å². The number of nitrogens with zero attached hydrogens (tertiary/aromatic N) is 2. The second-order valence-corrected chi connectivity index (χ2v) is 6.43. The Morgan fingerprint density at radius 1 is 1.07 bits per heavy atom. The number of hydrogen-bond donors (Lipinski definition) is 1. The maximum Gasteiger partial charge on any atom is 0.338 e. The van der Waals surface area contributed by atoms with E-state index in [0.717, 1.165) is 34.7 Å². The number of ether oxygens (including phenoxy) is 1. The minimum Gasteiger partial charge on any atom is -0.462 e. The van der Waals surface area contributed by atoms with Gasteiger partial charge in [-0.1, -0.05) is 11.6 Å². The van der Waals surface area contributed by atoms with Gasteiger partial charge in [0, 0.05) is 34.3 Å². The lowest BCUT2D eigenvalue weighted by atomic mass is 10.1. The molecule has 0 saturated heterocycles. The predicted octanol–water partition coefficient (Wildman–Crippen LogP) is 4.43. The lowest BCUT2D eigenvalue weighted by Gasteiger charge is -2.05. The number of esters is 1. The van der Waals surface area contributed by atoms with Crippen molar-refractivity contribution >= 4 is 39.8 Å². The molecule has 0 bridgehead atoms. The summed E-state index contributed by atoms with van der Waals surface area (Å²) in [5.74, 6) is -0.853. The van der Waals surface area contributed by atoms with Crippen LogP contribution in [0.5, 0.6) is 0 Å². The number of fused-ring (bicyclic) bond motifs is 1. The molecular weight excluding hydrogens is 390 g/mol. The Morgan fingerprint density at radius 2 is 1.75 bits per heavy atom. The Morgan fingerprint density at radius 3 is 2.39 bits per heavy atom. The van der Waals surface area contributed by atoms with Gasteiger partial charge < -0.3 is 9.72 Å². The van der Waals surface area contributed by atoms with Gasteiger partial charge in [-0.15, -0.1) is 0 Å². The number of nitro groups is 2. The first-order chi connectivity index (χ1) is 13.3. The molecule has 0 saturated carbocycles. The van der Waals surface area contributed by atoms with E-state index >= 15 is 0 Å². The van der Waals surface area contributed by atoms with Crippen molar-refractivity contribution in [1.82, 2.24) is 4.98 Å². The second-order valence-electron chi connectivity index (χ2n) is 6.00. The lowest BCUT2D eigenvalue weighted by Crippen LogP contribution is -2.08. The minimum absolute atomic E-state index is 0.0581. The van der Waals surface area contributed by atoms with Crippen LogP contribution in [0.2, 0.25) is 5.02 Å². The molecular formula is C18H14ClN3O6. The van der Waals surface area contributed by atoms with E-state index < -0.39 is 27.2 Å². The van der Waals surface area contributed by atoms with E-state index in [-0.39, 0.29) is 12.2 Å². The number of aromatic amines is 1. The maximum atomic E-state index is 12.1. The Labute approximate surface area is 163 Å². The van der Waals surface area contributed by atoms with Crippen molar-refractivity contribution in [2.75, 3.05) is 6.61 Å². The van der Waals surface area contributed by atoms with Gasteiger partial charge in [0.1, 0.15) is 0 Å². The first-order valence-corrected chi connectivity index (χ1v) is 8.59. The molecule has 0 amide bonds. The topological polar surface area (TPSA) is 128 Å². The highest BCUT2D eigenvalue weighted by Crippen LogP contribution is 2.24. The molecule has 3 rings (SSSR count). The van der Waals surface area contributed by atoms with Crippen molar-refractivity contribution in [2.45, 2.75) is 12.8 Å². The number of carbonyl (C=O) groups excluding carboxylic acids is 1. The molecule has 0 fully saturated rings. The van der Waals surface area contributed by atoms with Crippen molar-refractivity contribution in [3.8, 4) is 0 Å². The van der Waals surface area contributed by atoms with Crippen molar-refractivity contribution in [3.63, 3.8) is 0 Å². The predicted molar refractivity (Wildman–Crippen MR) is 102 cm³/mol. The van der Waals surface area contributed by atoms with Gasteiger partial charge in [-0.25, -0.2) is 4.79 Å². The number of aryl methyl sites for hydroxylation is 1. The zero-order valence-electron chi connectivity index (χ0n) is 14.4. The number of carbonyl (C=O) groups is 1. The van der Waals surface area contributed by atoms with Crippen LogP contribution in [0.3, 0.4) is 0 Å². The molecule has 2 aromatic carbocycles. The second kappa shape index (κ2) is 8.05. The summed E-state index contributed by atoms with van der Waals surface area (Å²) >= 11 is 6.01. The third-order valence-corrected chi connectivity index (χ3v) is 4.35. The van der Waals surface area contributed by atoms with Crippen LogP contribution >= 0.6 is 11.6 Å². The normalized spacial score (nSPS) is 10.8. The summed E-state index contributed by atoms with van der Waals surface area (Å²) in [6, 6.07) is 8.20. The smallest absolute Gasteiger partial charge is 0.338 e. The van der Waals surface area contributed by atoms with E-state index in [1.54, 1.807) is 6.07 Å². The van der Waals surface area contributed by atoms with Crippen LogP contribution in [0, 0.1) is 20.2 Å². The average Bonchev–Trinajstić information content (AvgIpc) is 3.06. The number of benzene rings is 2. The van der Waals surface area contributed by atoms with E-state index in [1.165, 1.54) is 0 Å². The largest absolute Gasteiger partial charge is 0.462 e. The van der Waals surface area contributed by atoms with Gasteiger partial charge in [-0.05, 0) is 36.6 Å². The molecule has 0 aliphatic carbocycles. The summed E-state index contributed by atoms with van der Waals surface area (Å²) in [6.07, 6.45) is 2.97. The fraction of sp³-hybridized carbons (Fsp3) is 0.167. The number of H-pyrrole nitrogens is 1. The minimum atomic E-state index is -0.853. The maximum absolute atomic E-state index is 12.1. The molecule has 1 aromatic heterocycles. The van der Waals surface area contributed by atoms with E-state index in [2.05, 4.69) is 4.98 Å². The number of hydrogen-bond acceptors (Lipinski definition) is 6. The summed E-state index contributed by atoms with van der Waals surface area (Å²) < 4.78 is 5.11. The number of rotatable bonds is 7. The molecule has 0 aliphatic heterocycles. The fourth-order valence-electron chi connectivity index (χ4n) is 2.79. The average molecular weight is 404 g/mol. The lowest BCUT2D eigenvalue weighted by molar-refractivity contribution is -0.394. The van der Waals surface area contributed by atoms with Gasteiger partial charge >= 0.3 is 5.97 Å². The van der Waals surface area contributed by atoms with Gasteiger partial charge in [0.15, 0.2) is 0 Å². The van der Waals surface area contributed by atoms with E-state index in [9.17, 15) is 25.0 Å². The number of halogens is 1. The van der Waals surface area contributed by atoms with Crippen molar-refractivity contribution < 1.29 is 19.4 Å². The molecule has 10 heteroatoms. The molecule has 0 radical (unpaired) electrons. The molecule has 3 aromatic rings. The SMILES string of the molecule is O=C(OCCCc1c[nH]c2ccc(Cl)cc12)c1cc([N+](=O)[O-])cc([N+](=O)[O-])c1. The van der Waals surface area contributed by atoms with Gasteiger partial charge in [0.2, 0.25) is 0 Å². The van der Waals surface area contributed by atoms with Gasteiger partial charge in [0.25, 0.3) is 11.4 Å². The monoisotopic (exact) mass is 403 g/mol. The molecule has 9 nitrogen and oxygen atoms in total. The first-order valence-electron chi connectivity index (χ1n) is 8.21. The molecule has 144 valence electrons. The Balaban J connectivity index is 1.63. The van der Waals surface area contributed by atoms with E-state index in [4.69, 9.17) is 16.3 Å². The summed E-state index contributed by atoms with van der Waals surface area (Å²) in [5, 5.41) is 23.4.